The largest absolute Gasteiger partial charge is 0.340 e. The van der Waals surface area contributed by atoms with Crippen LogP contribution in [0.2, 0.25) is 0 Å². The predicted octanol–water partition coefficient (Wildman–Crippen LogP) is -0.312. The number of carbonyl (C=O) groups is 2. The Kier molecular flexibility index (Phi) is 6.16. The average molecular weight is 377 g/mol. The molecule has 3 heterocycles. The summed E-state index contributed by atoms with van der Waals surface area (Å²) < 4.78 is 1.93. The van der Waals surface area contributed by atoms with Crippen LogP contribution in [0.3, 0.4) is 0 Å². The summed E-state index contributed by atoms with van der Waals surface area (Å²) in [6, 6.07) is 0. The number of nitrogens with zero attached hydrogens (tertiary/aromatic N) is 6. The smallest absolute Gasteiger partial charge is 0.242 e. The van der Waals surface area contributed by atoms with Crippen LogP contribution >= 0.6 is 0 Å². The fourth-order valence-electron chi connectivity index (χ4n) is 4.01. The molecule has 150 valence electrons. The van der Waals surface area contributed by atoms with Crippen LogP contribution in [-0.2, 0) is 16.6 Å². The molecule has 0 N–H and O–H groups in total. The van der Waals surface area contributed by atoms with Crippen LogP contribution in [0.4, 0.5) is 0 Å². The van der Waals surface area contributed by atoms with Gasteiger partial charge in [0.2, 0.25) is 11.8 Å². The van der Waals surface area contributed by atoms with E-state index in [0.717, 1.165) is 38.4 Å². The lowest BCUT2D eigenvalue weighted by molar-refractivity contribution is -0.147. The van der Waals surface area contributed by atoms with Gasteiger partial charge in [-0.05, 0) is 20.6 Å². The van der Waals surface area contributed by atoms with Crippen molar-refractivity contribution >= 4 is 11.8 Å². The molecule has 8 heteroatoms. The van der Waals surface area contributed by atoms with Gasteiger partial charge in [0.15, 0.2) is 0 Å². The van der Waals surface area contributed by atoms with E-state index >= 15 is 0 Å². The zero-order chi connectivity index (χ0) is 19.6. The molecule has 1 aromatic rings. The molecule has 2 fully saturated rings. The number of likely N-dealkylation sites (tertiary alicyclic amines) is 1. The quantitative estimate of drug-likeness (QED) is 0.681. The summed E-state index contributed by atoms with van der Waals surface area (Å²) in [5.74, 6) is 0.125. The lowest BCUT2D eigenvalue weighted by Crippen LogP contribution is -2.55. The summed E-state index contributed by atoms with van der Waals surface area (Å²) in [6.45, 7) is 7.63. The number of rotatable bonds is 6. The summed E-state index contributed by atoms with van der Waals surface area (Å²) in [6.07, 6.45) is 3.80. The van der Waals surface area contributed by atoms with Crippen molar-refractivity contribution in [1.82, 2.24) is 29.2 Å². The number of aromatic nitrogens is 2. The highest BCUT2D eigenvalue weighted by atomic mass is 16.2. The second kappa shape index (κ2) is 8.39. The van der Waals surface area contributed by atoms with E-state index in [0.29, 0.717) is 13.1 Å². The third-order valence-electron chi connectivity index (χ3n) is 5.71. The maximum Gasteiger partial charge on any atom is 0.242 e. The summed E-state index contributed by atoms with van der Waals surface area (Å²) >= 11 is 0. The van der Waals surface area contributed by atoms with Crippen LogP contribution in [0, 0.1) is 5.92 Å². The summed E-state index contributed by atoms with van der Waals surface area (Å²) in [4.78, 5) is 38.3. The molecule has 2 aliphatic rings. The van der Waals surface area contributed by atoms with Gasteiger partial charge in [-0.2, -0.15) is 0 Å². The minimum atomic E-state index is -0.124. The van der Waals surface area contributed by atoms with Crippen LogP contribution in [0.1, 0.15) is 18.5 Å². The second-order valence-electron chi connectivity index (χ2n) is 7.97. The van der Waals surface area contributed by atoms with Crippen molar-refractivity contribution in [3.63, 3.8) is 0 Å². The van der Waals surface area contributed by atoms with E-state index in [1.165, 1.54) is 0 Å². The van der Waals surface area contributed by atoms with E-state index in [-0.39, 0.29) is 30.2 Å². The van der Waals surface area contributed by atoms with Gasteiger partial charge in [0.05, 0.1) is 24.5 Å². The van der Waals surface area contributed by atoms with E-state index in [9.17, 15) is 9.59 Å². The highest BCUT2D eigenvalue weighted by molar-refractivity contribution is 5.87. The molecule has 8 nitrogen and oxygen atoms in total. The number of amides is 2. The van der Waals surface area contributed by atoms with E-state index < -0.39 is 0 Å². The first-order valence-corrected chi connectivity index (χ1v) is 9.80. The van der Waals surface area contributed by atoms with Crippen molar-refractivity contribution in [2.75, 3.05) is 66.5 Å². The fourth-order valence-corrected chi connectivity index (χ4v) is 4.01. The van der Waals surface area contributed by atoms with Crippen LogP contribution in [-0.4, -0.2) is 107 Å². The van der Waals surface area contributed by atoms with Gasteiger partial charge >= 0.3 is 0 Å². The van der Waals surface area contributed by atoms with Crippen LogP contribution in [0.15, 0.2) is 12.5 Å². The molecule has 3 rings (SSSR count). The fraction of sp³-hybridized carbons (Fsp3) is 0.737. The van der Waals surface area contributed by atoms with Gasteiger partial charge in [-0.3, -0.25) is 9.59 Å². The molecule has 0 bridgehead atoms. The maximum atomic E-state index is 13.3. The third kappa shape index (κ3) is 4.50. The van der Waals surface area contributed by atoms with E-state index in [1.54, 1.807) is 11.2 Å². The van der Waals surface area contributed by atoms with Crippen molar-refractivity contribution in [3.05, 3.63) is 18.2 Å². The monoisotopic (exact) mass is 376 g/mol. The van der Waals surface area contributed by atoms with Crippen molar-refractivity contribution in [2.45, 2.75) is 12.8 Å². The number of imidazole rings is 1. The molecule has 2 saturated heterocycles. The number of piperazine rings is 1. The first-order chi connectivity index (χ1) is 12.9. The average Bonchev–Trinajstić information content (AvgIpc) is 3.25. The van der Waals surface area contributed by atoms with Crippen LogP contribution in [0.25, 0.3) is 0 Å². The lowest BCUT2D eigenvalue weighted by atomic mass is 9.91. The van der Waals surface area contributed by atoms with Gasteiger partial charge in [0, 0.05) is 58.4 Å². The highest BCUT2D eigenvalue weighted by Gasteiger charge is 2.42. The topological polar surface area (TPSA) is 64.9 Å². The Labute approximate surface area is 161 Å². The predicted molar refractivity (Wildman–Crippen MR) is 103 cm³/mol. The highest BCUT2D eigenvalue weighted by Crippen LogP contribution is 2.33. The molecule has 0 aromatic carbocycles. The van der Waals surface area contributed by atoms with Crippen molar-refractivity contribution < 1.29 is 9.59 Å². The van der Waals surface area contributed by atoms with E-state index in [4.69, 9.17) is 0 Å². The Morgan fingerprint density at radius 3 is 2.67 bits per heavy atom. The first-order valence-electron chi connectivity index (χ1n) is 9.80. The molecule has 0 saturated carbocycles. The Bertz CT molecular complexity index is 673. The van der Waals surface area contributed by atoms with Gasteiger partial charge in [-0.15, -0.1) is 0 Å². The van der Waals surface area contributed by atoms with Gasteiger partial charge in [-0.25, -0.2) is 4.98 Å². The van der Waals surface area contributed by atoms with Gasteiger partial charge in [-0.1, -0.05) is 6.92 Å². The van der Waals surface area contributed by atoms with E-state index in [2.05, 4.69) is 21.7 Å². The lowest BCUT2D eigenvalue weighted by Gasteiger charge is -2.36. The Hall–Kier alpha value is -1.93. The number of carbonyl (C=O) groups excluding carboxylic acids is 2. The molecule has 0 aliphatic carbocycles. The Morgan fingerprint density at radius 1 is 1.30 bits per heavy atom. The standard InChI is InChI=1S/C19H32N6O2/c1-5-23-10-15(17-12-22(4)14-20-17)16(11-23)19(27)25-9-8-24(18(26)13-25)7-6-21(2)3/h12,14-16H,5-11,13H2,1-4H3/t15-,16-/m1/s1. The SMILES string of the molecule is CCN1C[C@@H](C(=O)N2CCN(CCN(C)C)C(=O)C2)[C@H](c2cn(C)cn2)C1. The number of hydrogen-bond donors (Lipinski definition) is 0. The maximum absolute atomic E-state index is 13.3. The Morgan fingerprint density at radius 2 is 2.07 bits per heavy atom. The van der Waals surface area contributed by atoms with E-state index in [1.807, 2.05) is 36.8 Å². The molecule has 2 aliphatic heterocycles. The molecule has 0 spiro atoms. The van der Waals surface area contributed by atoms with Crippen LogP contribution < -0.4 is 0 Å². The Balaban J connectivity index is 1.66. The molecule has 27 heavy (non-hydrogen) atoms. The summed E-state index contributed by atoms with van der Waals surface area (Å²) in [7, 11) is 5.95. The molecule has 0 unspecified atom stereocenters. The normalized spacial score (nSPS) is 24.3. The first kappa shape index (κ1) is 19.8. The zero-order valence-corrected chi connectivity index (χ0v) is 17.0. The minimum absolute atomic E-state index is 0.0520. The summed E-state index contributed by atoms with van der Waals surface area (Å²) in [5.41, 5.74) is 0.975. The number of aryl methyl sites for hydroxylation is 1. The molecule has 2 atom stereocenters. The number of likely N-dealkylation sites (N-methyl/N-ethyl adjacent to an activating group) is 2. The minimum Gasteiger partial charge on any atom is -0.340 e. The van der Waals surface area contributed by atoms with Crippen molar-refractivity contribution in [3.8, 4) is 0 Å². The molecular formula is C19H32N6O2. The second-order valence-corrected chi connectivity index (χ2v) is 7.97. The molecular weight excluding hydrogens is 344 g/mol. The van der Waals surface area contributed by atoms with Gasteiger partial charge in [0.25, 0.3) is 0 Å². The third-order valence-corrected chi connectivity index (χ3v) is 5.71. The summed E-state index contributed by atoms with van der Waals surface area (Å²) in [5, 5.41) is 0. The van der Waals surface area contributed by atoms with Crippen molar-refractivity contribution in [2.24, 2.45) is 13.0 Å². The van der Waals surface area contributed by atoms with Crippen LogP contribution in [0.5, 0.6) is 0 Å². The van der Waals surface area contributed by atoms with Gasteiger partial charge < -0.3 is 24.2 Å². The van der Waals surface area contributed by atoms with Crippen molar-refractivity contribution in [1.29, 1.82) is 0 Å². The molecule has 1 aromatic heterocycles. The number of hydrogen-bond acceptors (Lipinski definition) is 5. The zero-order valence-electron chi connectivity index (χ0n) is 17.0. The molecule has 0 radical (unpaired) electrons. The molecule has 2 amide bonds. The van der Waals surface area contributed by atoms with Gasteiger partial charge in [0.1, 0.15) is 0 Å².